The number of nitrogens with one attached hydrogen (secondary N) is 1. The highest BCUT2D eigenvalue weighted by Crippen LogP contribution is 2.25. The van der Waals surface area contributed by atoms with E-state index in [9.17, 15) is 9.59 Å². The average Bonchev–Trinajstić information content (AvgIpc) is 3.44. The molecule has 5 rings (SSSR count). The molecule has 0 aliphatic heterocycles. The number of fused-ring (bicyclic) bond motifs is 2. The Hall–Kier alpha value is -3.85. The highest BCUT2D eigenvalue weighted by molar-refractivity contribution is 7.22. The molecule has 1 N–H and O–H groups in total. The summed E-state index contributed by atoms with van der Waals surface area (Å²) in [6.45, 7) is 4.52. The zero-order valence-electron chi connectivity index (χ0n) is 18.3. The number of nitrogens with zero attached hydrogens (tertiary/aromatic N) is 5. The fraction of sp³-hybridized carbons (Fsp3) is 0.208. The predicted octanol–water partition coefficient (Wildman–Crippen LogP) is 4.07. The highest BCUT2D eigenvalue weighted by atomic mass is 32.1. The molecule has 8 nitrogen and oxygen atoms in total. The number of anilines is 1. The number of thiazole rings is 1. The van der Waals surface area contributed by atoms with Crippen molar-refractivity contribution < 1.29 is 4.79 Å². The predicted molar refractivity (Wildman–Crippen MR) is 130 cm³/mol. The summed E-state index contributed by atoms with van der Waals surface area (Å²) in [4.78, 5) is 34.9. The van der Waals surface area contributed by atoms with E-state index in [0.29, 0.717) is 35.3 Å². The monoisotopic (exact) mass is 458 g/mol. The maximum atomic E-state index is 13.3. The van der Waals surface area contributed by atoms with Crippen molar-refractivity contribution in [1.29, 1.82) is 0 Å². The van der Waals surface area contributed by atoms with Gasteiger partial charge in [-0.15, -0.1) is 5.10 Å². The second-order valence-corrected chi connectivity index (χ2v) is 8.69. The van der Waals surface area contributed by atoms with Gasteiger partial charge in [-0.2, -0.15) is 9.50 Å². The Kier molecular flexibility index (Phi) is 5.47. The minimum Gasteiger partial charge on any atom is -0.314 e. The molecule has 1 amide bonds. The van der Waals surface area contributed by atoms with Crippen molar-refractivity contribution >= 4 is 38.4 Å². The summed E-state index contributed by atoms with van der Waals surface area (Å²) in [5.74, 6) is 0.820. The third-order valence-corrected chi connectivity index (χ3v) is 6.57. The van der Waals surface area contributed by atoms with E-state index in [1.54, 1.807) is 0 Å². The molecule has 0 bridgehead atoms. The Bertz CT molecular complexity index is 1500. The third-order valence-electron chi connectivity index (χ3n) is 5.61. The van der Waals surface area contributed by atoms with Crippen LogP contribution in [0.5, 0.6) is 0 Å². The first-order valence-corrected chi connectivity index (χ1v) is 11.6. The molecular formula is C24H22N6O2S. The molecule has 3 aromatic heterocycles. The Morgan fingerprint density at radius 2 is 1.82 bits per heavy atom. The van der Waals surface area contributed by atoms with Gasteiger partial charge in [0.05, 0.1) is 10.2 Å². The Balaban J connectivity index is 1.42. The largest absolute Gasteiger partial charge is 0.314 e. The Morgan fingerprint density at radius 1 is 1.06 bits per heavy atom. The summed E-state index contributed by atoms with van der Waals surface area (Å²) in [5.41, 5.74) is 2.82. The molecule has 9 heteroatoms. The normalized spacial score (nSPS) is 11.3. The molecule has 166 valence electrons. The van der Waals surface area contributed by atoms with Crippen LogP contribution in [0, 0.1) is 6.92 Å². The second kappa shape index (κ2) is 8.59. The van der Waals surface area contributed by atoms with Crippen LogP contribution < -0.4 is 10.9 Å². The quantitative estimate of drug-likeness (QED) is 0.414. The lowest BCUT2D eigenvalue weighted by Crippen LogP contribution is -2.27. The van der Waals surface area contributed by atoms with Crippen LogP contribution in [0.2, 0.25) is 0 Å². The molecule has 3 heterocycles. The molecular weight excluding hydrogens is 436 g/mol. The molecule has 33 heavy (non-hydrogen) atoms. The van der Waals surface area contributed by atoms with Crippen LogP contribution >= 0.6 is 11.3 Å². The molecule has 0 aliphatic rings. The lowest BCUT2D eigenvalue weighted by atomic mass is 10.1. The topological polar surface area (TPSA) is 94.2 Å². The van der Waals surface area contributed by atoms with Gasteiger partial charge in [0.15, 0.2) is 11.0 Å². The van der Waals surface area contributed by atoms with E-state index in [4.69, 9.17) is 0 Å². The number of benzene rings is 2. The summed E-state index contributed by atoms with van der Waals surface area (Å²) in [5, 5.41) is 7.89. The van der Waals surface area contributed by atoms with E-state index < -0.39 is 0 Å². The van der Waals surface area contributed by atoms with Crippen molar-refractivity contribution in [3.05, 3.63) is 76.2 Å². The van der Waals surface area contributed by atoms with E-state index in [1.165, 1.54) is 15.9 Å². The number of rotatable bonds is 6. The fourth-order valence-corrected chi connectivity index (χ4v) is 4.81. The summed E-state index contributed by atoms with van der Waals surface area (Å²) < 4.78 is 4.32. The van der Waals surface area contributed by atoms with Crippen LogP contribution in [0.25, 0.3) is 27.4 Å². The van der Waals surface area contributed by atoms with E-state index >= 15 is 0 Å². The minimum atomic E-state index is -0.241. The third kappa shape index (κ3) is 3.91. The summed E-state index contributed by atoms with van der Waals surface area (Å²) in [6, 6.07) is 17.3. The molecule has 0 saturated carbocycles. The Morgan fingerprint density at radius 3 is 2.58 bits per heavy atom. The van der Waals surface area contributed by atoms with Crippen molar-refractivity contribution in [3.63, 3.8) is 0 Å². The van der Waals surface area contributed by atoms with Gasteiger partial charge in [0, 0.05) is 29.8 Å². The molecule has 0 atom stereocenters. The summed E-state index contributed by atoms with van der Waals surface area (Å²) in [6.07, 6.45) is 0.472. The molecule has 2 aromatic carbocycles. The zero-order chi connectivity index (χ0) is 22.9. The molecule has 0 saturated heterocycles. The first-order valence-electron chi connectivity index (χ1n) is 10.7. The molecule has 0 aliphatic carbocycles. The first-order chi connectivity index (χ1) is 16.0. The van der Waals surface area contributed by atoms with Crippen LogP contribution in [0.3, 0.4) is 0 Å². The van der Waals surface area contributed by atoms with Gasteiger partial charge in [-0.05, 0) is 32.4 Å². The first kappa shape index (κ1) is 21.0. The highest BCUT2D eigenvalue weighted by Gasteiger charge is 2.19. The number of carbonyl (C=O) groups is 1. The molecule has 5 aromatic rings. The summed E-state index contributed by atoms with van der Waals surface area (Å²) in [7, 11) is 0. The Labute approximate surface area is 193 Å². The van der Waals surface area contributed by atoms with Gasteiger partial charge in [0.2, 0.25) is 11.7 Å². The van der Waals surface area contributed by atoms with Crippen molar-refractivity contribution in [2.75, 3.05) is 5.32 Å². The van der Waals surface area contributed by atoms with E-state index in [0.717, 1.165) is 21.5 Å². The van der Waals surface area contributed by atoms with Crippen LogP contribution in [0.1, 0.15) is 24.6 Å². The summed E-state index contributed by atoms with van der Waals surface area (Å²) >= 11 is 1.43. The van der Waals surface area contributed by atoms with Crippen LogP contribution in [-0.4, -0.2) is 30.1 Å². The minimum absolute atomic E-state index is 0.168. The lowest BCUT2D eigenvalue weighted by molar-refractivity contribution is -0.116. The number of para-hydroxylation sites is 1. The number of carbonyl (C=O) groups excluding carboxylic acids is 1. The van der Waals surface area contributed by atoms with Gasteiger partial charge in [-0.3, -0.25) is 9.59 Å². The average molecular weight is 459 g/mol. The van der Waals surface area contributed by atoms with Gasteiger partial charge in [-0.1, -0.05) is 53.8 Å². The number of hydrogen-bond acceptors (Lipinski definition) is 6. The SMILES string of the molecule is CCn1c(C)c(CCC(=O)Nc2nc3ccccc3s2)c(=O)n2nc(-c3ccccc3)nc12. The van der Waals surface area contributed by atoms with Gasteiger partial charge in [-0.25, -0.2) is 4.98 Å². The standard InChI is InChI=1S/C24H22N6O2S/c1-3-29-15(2)17(13-14-20(31)26-23-25-18-11-7-8-12-19(18)33-23)22(32)30-24(29)27-21(28-30)16-9-5-4-6-10-16/h4-12H,3,13-14H2,1-2H3,(H,25,26,31). The van der Waals surface area contributed by atoms with Crippen LogP contribution in [-0.2, 0) is 17.8 Å². The number of hydrogen-bond donors (Lipinski definition) is 1. The molecule has 0 spiro atoms. The van der Waals surface area contributed by atoms with Crippen molar-refractivity contribution in [3.8, 4) is 11.4 Å². The molecule has 0 unspecified atom stereocenters. The second-order valence-electron chi connectivity index (χ2n) is 7.66. The van der Waals surface area contributed by atoms with Crippen molar-refractivity contribution in [1.82, 2.24) is 24.1 Å². The van der Waals surface area contributed by atoms with Crippen LogP contribution in [0.15, 0.2) is 59.4 Å². The smallest absolute Gasteiger partial charge is 0.279 e. The maximum absolute atomic E-state index is 13.3. The number of amides is 1. The van der Waals surface area contributed by atoms with E-state index in [-0.39, 0.29) is 17.9 Å². The van der Waals surface area contributed by atoms with Crippen molar-refractivity contribution in [2.45, 2.75) is 33.2 Å². The van der Waals surface area contributed by atoms with E-state index in [1.807, 2.05) is 73.0 Å². The molecule has 0 radical (unpaired) electrons. The van der Waals surface area contributed by atoms with E-state index in [2.05, 4.69) is 20.4 Å². The van der Waals surface area contributed by atoms with Gasteiger partial charge < -0.3 is 9.88 Å². The number of aryl methyl sites for hydroxylation is 1. The van der Waals surface area contributed by atoms with Gasteiger partial charge in [0.1, 0.15) is 0 Å². The maximum Gasteiger partial charge on any atom is 0.279 e. The van der Waals surface area contributed by atoms with Gasteiger partial charge in [0.25, 0.3) is 5.56 Å². The van der Waals surface area contributed by atoms with Crippen LogP contribution in [0.4, 0.5) is 5.13 Å². The lowest BCUT2D eigenvalue weighted by Gasteiger charge is -2.13. The fourth-order valence-electron chi connectivity index (χ4n) is 3.93. The molecule has 0 fully saturated rings. The van der Waals surface area contributed by atoms with Crippen molar-refractivity contribution in [2.24, 2.45) is 0 Å². The number of aromatic nitrogens is 5. The van der Waals surface area contributed by atoms with Gasteiger partial charge >= 0.3 is 0 Å². The zero-order valence-corrected chi connectivity index (χ0v) is 19.1.